The zero-order valence-corrected chi connectivity index (χ0v) is 40.5. The Labute approximate surface area is 411 Å². The number of fused-ring (bicyclic) bond motifs is 2. The summed E-state index contributed by atoms with van der Waals surface area (Å²) in [4.78, 5) is 26.6. The quantitative estimate of drug-likeness (QED) is 0.169. The molecule has 2 bridgehead atoms. The second-order valence-corrected chi connectivity index (χ2v) is 19.4. The number of aliphatic hydroxyl groups is 10. The van der Waals surface area contributed by atoms with Gasteiger partial charge in [-0.1, -0.05) is 105 Å². The smallest absolute Gasteiger partial charge is 0.308 e. The Bertz CT molecular complexity index is 1790. The highest BCUT2D eigenvalue weighted by Crippen LogP contribution is 2.38. The standard InChI is InChI=1S/C51H81N3O16/c1-31-17-13-11-9-7-5-3-4-6-8-10-12-14-18-36(69-50-48(64)47(53)43(62)30-67-50)27-44-46(49(65)54-38-20-16-15-19-37(38)52)42(61)29-51(66,70-44)28-35(57)25-41(60)39(58)22-21-33(55)24-34(56)26-45(63)68-32(2)23-40(31)59/h3-14,17-18,31-44,46-48,50,55-62,64,66H,15-16,19-30,52-53H2,1-2H3,(H,54,65)/b4-3+,7-5+,8-6+,11-9+,12-10+,17-13+,18-14+/t31-,32-,33?,34?,35-,36?,37+,38+,39?,40-,41?,42-,43+,44-,46?,47-,48-,50-,51?/m0/s1. The Kier molecular flexibility index (Phi) is 25.2. The molecule has 1 amide bonds. The monoisotopic (exact) mass is 992 g/mol. The lowest BCUT2D eigenvalue weighted by Crippen LogP contribution is -2.61. The van der Waals surface area contributed by atoms with Crippen LogP contribution < -0.4 is 16.8 Å². The predicted molar refractivity (Wildman–Crippen MR) is 259 cm³/mol. The Morgan fingerprint density at radius 1 is 0.671 bits per heavy atom. The van der Waals surface area contributed by atoms with Crippen LogP contribution in [-0.4, -0.2) is 173 Å². The summed E-state index contributed by atoms with van der Waals surface area (Å²) in [5, 5.41) is 112. The Balaban J connectivity index is 1.59. The lowest BCUT2D eigenvalue weighted by atomic mass is 9.81. The normalized spacial score (nSPS) is 44.3. The first kappa shape index (κ1) is 59.1. The summed E-state index contributed by atoms with van der Waals surface area (Å²) < 4.78 is 23.5. The van der Waals surface area contributed by atoms with Gasteiger partial charge in [0, 0.05) is 50.1 Å². The zero-order valence-electron chi connectivity index (χ0n) is 40.5. The third-order valence-electron chi connectivity index (χ3n) is 13.2. The van der Waals surface area contributed by atoms with Gasteiger partial charge in [-0.3, -0.25) is 9.59 Å². The average molecular weight is 992 g/mol. The maximum Gasteiger partial charge on any atom is 0.308 e. The van der Waals surface area contributed by atoms with Gasteiger partial charge < -0.3 is 86.8 Å². The Morgan fingerprint density at radius 2 is 1.29 bits per heavy atom. The van der Waals surface area contributed by atoms with Gasteiger partial charge in [-0.25, -0.2) is 0 Å². The maximum atomic E-state index is 14.1. The highest BCUT2D eigenvalue weighted by Gasteiger charge is 2.51. The Morgan fingerprint density at radius 3 is 1.93 bits per heavy atom. The number of ether oxygens (including phenoxy) is 4. The van der Waals surface area contributed by atoms with Gasteiger partial charge in [0.2, 0.25) is 5.91 Å². The molecule has 1 aliphatic carbocycles. The van der Waals surface area contributed by atoms with Crippen LogP contribution in [0.15, 0.2) is 85.1 Å². The molecule has 0 aromatic rings. The van der Waals surface area contributed by atoms with Crippen LogP contribution in [0.4, 0.5) is 0 Å². The SMILES string of the molecule is C[C@H]1C[C@H](O)[C@@H](C)/C=C/C=C/C=C/C=C/C=C/C=C/C=C/C(O[C@@H]2OC[C@@H](O)[C@H](N)[C@@H]2O)C[C@@H]2OC(O)(C[C@@H](O)CC(O)C(O)CCC(O)CC(O)CC(=O)O1)C[C@H](O)C2C(=O)N[C@@H]1CCCC[C@H]1N. The fraction of sp³-hybridized carbons (Fsp3) is 0.686. The molecule has 7 unspecified atom stereocenters. The van der Waals surface area contributed by atoms with Crippen LogP contribution in [0.5, 0.6) is 0 Å². The number of rotatable bonds is 4. The number of hydrogen-bond donors (Lipinski definition) is 13. The molecule has 0 radical (unpaired) electrons. The first-order chi connectivity index (χ1) is 33.2. The minimum absolute atomic E-state index is 0.0906. The molecule has 19 atom stereocenters. The molecule has 3 fully saturated rings. The molecular formula is C51H81N3O16. The van der Waals surface area contributed by atoms with E-state index in [1.807, 2.05) is 43.4 Å². The second kappa shape index (κ2) is 29.9. The van der Waals surface area contributed by atoms with E-state index in [0.29, 0.717) is 12.8 Å². The van der Waals surface area contributed by atoms with Gasteiger partial charge >= 0.3 is 5.97 Å². The number of aliphatic hydroxyl groups excluding tert-OH is 9. The van der Waals surface area contributed by atoms with E-state index in [9.17, 15) is 60.7 Å². The van der Waals surface area contributed by atoms with Gasteiger partial charge in [0.1, 0.15) is 12.2 Å². The number of cyclic esters (lactones) is 1. The van der Waals surface area contributed by atoms with Crippen LogP contribution in [-0.2, 0) is 28.5 Å². The molecule has 1 saturated carbocycles. The Hall–Kier alpha value is -3.48. The molecule has 70 heavy (non-hydrogen) atoms. The van der Waals surface area contributed by atoms with Gasteiger partial charge in [-0.15, -0.1) is 0 Å². The zero-order chi connectivity index (χ0) is 51.4. The molecule has 2 saturated heterocycles. The maximum absolute atomic E-state index is 14.1. The fourth-order valence-electron chi connectivity index (χ4n) is 9.13. The van der Waals surface area contributed by atoms with Crippen molar-refractivity contribution in [2.75, 3.05) is 6.61 Å². The topological polar surface area (TPSA) is 337 Å². The highest BCUT2D eigenvalue weighted by molar-refractivity contribution is 5.80. The van der Waals surface area contributed by atoms with E-state index >= 15 is 0 Å². The van der Waals surface area contributed by atoms with Crippen molar-refractivity contribution in [1.82, 2.24) is 5.32 Å². The van der Waals surface area contributed by atoms with Crippen LogP contribution >= 0.6 is 0 Å². The number of hydrogen-bond acceptors (Lipinski definition) is 18. The van der Waals surface area contributed by atoms with Crippen LogP contribution in [0.3, 0.4) is 0 Å². The largest absolute Gasteiger partial charge is 0.462 e. The van der Waals surface area contributed by atoms with Gasteiger partial charge in [0.15, 0.2) is 12.1 Å². The molecule has 15 N–H and O–H groups in total. The van der Waals surface area contributed by atoms with Crippen molar-refractivity contribution < 1.29 is 79.6 Å². The molecule has 4 aliphatic rings. The minimum Gasteiger partial charge on any atom is -0.462 e. The number of nitrogens with two attached hydrogens (primary N) is 2. The average Bonchev–Trinajstić information content (AvgIpc) is 3.28. The summed E-state index contributed by atoms with van der Waals surface area (Å²) in [6.07, 6.45) is 8.99. The summed E-state index contributed by atoms with van der Waals surface area (Å²) in [6, 6.07) is -1.81. The summed E-state index contributed by atoms with van der Waals surface area (Å²) >= 11 is 0. The molecule has 3 aliphatic heterocycles. The second-order valence-electron chi connectivity index (χ2n) is 19.4. The van der Waals surface area contributed by atoms with E-state index in [1.165, 1.54) is 0 Å². The summed E-state index contributed by atoms with van der Waals surface area (Å²) in [6.45, 7) is 3.22. The first-order valence-corrected chi connectivity index (χ1v) is 24.7. The molecule has 3 heterocycles. The van der Waals surface area contributed by atoms with Crippen molar-refractivity contribution in [3.63, 3.8) is 0 Å². The molecule has 396 valence electrons. The van der Waals surface area contributed by atoms with E-state index in [0.717, 1.165) is 12.8 Å². The van der Waals surface area contributed by atoms with Gasteiger partial charge in [-0.2, -0.15) is 0 Å². The summed E-state index contributed by atoms with van der Waals surface area (Å²) in [5.41, 5.74) is 12.4. The van der Waals surface area contributed by atoms with Crippen molar-refractivity contribution >= 4 is 11.9 Å². The number of amides is 1. The van der Waals surface area contributed by atoms with Crippen LogP contribution in [0.2, 0.25) is 0 Å². The first-order valence-electron chi connectivity index (χ1n) is 24.7. The van der Waals surface area contributed by atoms with Gasteiger partial charge in [0.25, 0.3) is 0 Å². The van der Waals surface area contributed by atoms with Crippen molar-refractivity contribution in [3.8, 4) is 0 Å². The third kappa shape index (κ3) is 20.2. The van der Waals surface area contributed by atoms with E-state index in [1.54, 1.807) is 55.5 Å². The number of esters is 1. The van der Waals surface area contributed by atoms with Crippen molar-refractivity contribution in [1.29, 1.82) is 0 Å². The van der Waals surface area contributed by atoms with E-state index < -0.39 is 135 Å². The molecular weight excluding hydrogens is 911 g/mol. The van der Waals surface area contributed by atoms with Crippen LogP contribution in [0.1, 0.15) is 97.3 Å². The number of carbonyl (C=O) groups excluding carboxylic acids is 2. The summed E-state index contributed by atoms with van der Waals surface area (Å²) in [7, 11) is 0. The summed E-state index contributed by atoms with van der Waals surface area (Å²) in [5.74, 6) is -5.11. The van der Waals surface area contributed by atoms with Crippen molar-refractivity contribution in [2.45, 2.75) is 201 Å². The van der Waals surface area contributed by atoms with E-state index in [4.69, 9.17) is 30.4 Å². The molecule has 0 aromatic carbocycles. The molecule has 19 heteroatoms. The van der Waals surface area contributed by atoms with Gasteiger partial charge in [0.05, 0.1) is 86.0 Å². The lowest BCUT2D eigenvalue weighted by Gasteiger charge is -2.46. The van der Waals surface area contributed by atoms with Crippen molar-refractivity contribution in [2.24, 2.45) is 23.3 Å². The third-order valence-corrected chi connectivity index (χ3v) is 13.2. The van der Waals surface area contributed by atoms with Crippen LogP contribution in [0.25, 0.3) is 0 Å². The fourth-order valence-corrected chi connectivity index (χ4v) is 9.13. The van der Waals surface area contributed by atoms with Crippen LogP contribution in [0, 0.1) is 11.8 Å². The molecule has 4 rings (SSSR count). The van der Waals surface area contributed by atoms with Crippen molar-refractivity contribution in [3.05, 3.63) is 85.1 Å². The minimum atomic E-state index is -2.27. The molecule has 0 aromatic heterocycles. The van der Waals surface area contributed by atoms with E-state index in [2.05, 4.69) is 5.32 Å². The predicted octanol–water partition coefficient (Wildman–Crippen LogP) is 0.379. The molecule has 0 spiro atoms. The number of nitrogens with one attached hydrogen (secondary N) is 1. The van der Waals surface area contributed by atoms with Gasteiger partial charge in [-0.05, 0) is 39.0 Å². The van der Waals surface area contributed by atoms with E-state index in [-0.39, 0.29) is 56.7 Å². The number of allylic oxidation sites excluding steroid dienone is 12. The molecule has 19 nitrogen and oxygen atoms in total. The number of carbonyl (C=O) groups is 2. The lowest BCUT2D eigenvalue weighted by molar-refractivity contribution is -0.304. The highest BCUT2D eigenvalue weighted by atomic mass is 16.7.